The minimum atomic E-state index is -3.26. The number of esters is 1. The minimum absolute atomic E-state index is 0.0675. The second-order valence-electron chi connectivity index (χ2n) is 2.90. The molecule has 0 aliphatic carbocycles. The fourth-order valence-electron chi connectivity index (χ4n) is 1.20. The van der Waals surface area contributed by atoms with Gasteiger partial charge in [-0.25, -0.2) is 4.79 Å². The number of nitrogens with zero attached hydrogens (tertiary/aromatic N) is 1. The Labute approximate surface area is 108 Å². The van der Waals surface area contributed by atoms with Crippen molar-refractivity contribution in [3.63, 3.8) is 0 Å². The Kier molecular flexibility index (Phi) is 4.54. The molecular weight excluding hydrogens is 320 g/mol. The molecule has 0 spiro atoms. The van der Waals surface area contributed by atoms with Crippen molar-refractivity contribution in [3.8, 4) is 5.75 Å². The zero-order valence-corrected chi connectivity index (χ0v) is 10.4. The van der Waals surface area contributed by atoms with E-state index < -0.39 is 34.5 Å². The molecule has 0 fully saturated rings. The van der Waals surface area contributed by atoms with E-state index in [1.54, 1.807) is 0 Å². The average molecular weight is 326 g/mol. The van der Waals surface area contributed by atoms with E-state index in [9.17, 15) is 23.7 Å². The molecule has 1 rings (SSSR count). The van der Waals surface area contributed by atoms with Crippen molar-refractivity contribution >= 4 is 27.6 Å². The summed E-state index contributed by atoms with van der Waals surface area (Å²) >= 11 is 2.83. The maximum absolute atomic E-state index is 12.2. The van der Waals surface area contributed by atoms with Crippen molar-refractivity contribution in [2.45, 2.75) is 6.61 Å². The lowest BCUT2D eigenvalue weighted by Gasteiger charge is -2.09. The SMILES string of the molecule is COC(=O)c1ccc(Br)c(OC(F)F)c1[N+](=O)[O-]. The number of carbonyl (C=O) groups is 1. The number of rotatable bonds is 4. The van der Waals surface area contributed by atoms with Crippen molar-refractivity contribution in [1.29, 1.82) is 0 Å². The Morgan fingerprint density at radius 3 is 2.56 bits per heavy atom. The molecule has 1 aromatic carbocycles. The summed E-state index contributed by atoms with van der Waals surface area (Å²) in [6.07, 6.45) is 0. The van der Waals surface area contributed by atoms with Gasteiger partial charge in [-0.05, 0) is 28.1 Å². The van der Waals surface area contributed by atoms with Crippen LogP contribution in [0, 0.1) is 10.1 Å². The average Bonchev–Trinajstić information content (AvgIpc) is 2.29. The monoisotopic (exact) mass is 325 g/mol. The lowest BCUT2D eigenvalue weighted by molar-refractivity contribution is -0.386. The molecule has 9 heteroatoms. The molecule has 0 aliphatic heterocycles. The van der Waals surface area contributed by atoms with Gasteiger partial charge in [-0.15, -0.1) is 0 Å². The second kappa shape index (κ2) is 5.71. The molecule has 0 amide bonds. The predicted molar refractivity (Wildman–Crippen MR) is 58.8 cm³/mol. The van der Waals surface area contributed by atoms with Crippen LogP contribution in [0.1, 0.15) is 10.4 Å². The molecule has 0 saturated carbocycles. The van der Waals surface area contributed by atoms with Gasteiger partial charge >= 0.3 is 18.3 Å². The van der Waals surface area contributed by atoms with Gasteiger partial charge in [-0.2, -0.15) is 8.78 Å². The molecule has 0 unspecified atom stereocenters. The van der Waals surface area contributed by atoms with E-state index in [-0.39, 0.29) is 4.47 Å². The smallest absolute Gasteiger partial charge is 0.387 e. The van der Waals surface area contributed by atoms with Gasteiger partial charge in [-0.1, -0.05) is 0 Å². The highest BCUT2D eigenvalue weighted by Gasteiger charge is 2.30. The highest BCUT2D eigenvalue weighted by molar-refractivity contribution is 9.10. The van der Waals surface area contributed by atoms with Crippen LogP contribution in [-0.4, -0.2) is 24.6 Å². The summed E-state index contributed by atoms with van der Waals surface area (Å²) in [5.74, 6) is -1.74. The van der Waals surface area contributed by atoms with E-state index in [1.165, 1.54) is 6.07 Å². The molecule has 6 nitrogen and oxygen atoms in total. The summed E-state index contributed by atoms with van der Waals surface area (Å²) in [5, 5.41) is 10.8. The normalized spacial score (nSPS) is 10.3. The third kappa shape index (κ3) is 2.92. The van der Waals surface area contributed by atoms with Crippen LogP contribution in [0.15, 0.2) is 16.6 Å². The van der Waals surface area contributed by atoms with Gasteiger partial charge in [-0.3, -0.25) is 10.1 Å². The Hall–Kier alpha value is -1.77. The molecule has 0 aliphatic rings. The molecule has 1 aromatic rings. The van der Waals surface area contributed by atoms with E-state index in [2.05, 4.69) is 25.4 Å². The summed E-state index contributed by atoms with van der Waals surface area (Å²) in [6, 6.07) is 2.25. The van der Waals surface area contributed by atoms with E-state index in [4.69, 9.17) is 0 Å². The Bertz CT molecular complexity index is 494. The first kappa shape index (κ1) is 14.3. The first-order valence-corrected chi connectivity index (χ1v) is 5.17. The Morgan fingerprint density at radius 2 is 2.11 bits per heavy atom. The predicted octanol–water partition coefficient (Wildman–Crippen LogP) is 2.75. The number of ether oxygens (including phenoxy) is 2. The van der Waals surface area contributed by atoms with Gasteiger partial charge in [0, 0.05) is 0 Å². The van der Waals surface area contributed by atoms with Gasteiger partial charge in [0.05, 0.1) is 16.5 Å². The maximum Gasteiger partial charge on any atom is 0.387 e. The zero-order valence-electron chi connectivity index (χ0n) is 8.85. The molecule has 0 atom stereocenters. The molecule has 0 aromatic heterocycles. The number of methoxy groups -OCH3 is 1. The Morgan fingerprint density at radius 1 is 1.50 bits per heavy atom. The maximum atomic E-state index is 12.2. The molecule has 0 heterocycles. The first-order chi connectivity index (χ1) is 8.38. The van der Waals surface area contributed by atoms with Crippen LogP contribution < -0.4 is 4.74 Å². The summed E-state index contributed by atoms with van der Waals surface area (Å²) in [7, 11) is 1.02. The van der Waals surface area contributed by atoms with Crippen molar-refractivity contribution in [1.82, 2.24) is 0 Å². The van der Waals surface area contributed by atoms with Crippen LogP contribution in [0.5, 0.6) is 5.75 Å². The van der Waals surface area contributed by atoms with Crippen molar-refractivity contribution < 1.29 is 28.0 Å². The molecule has 98 valence electrons. The summed E-state index contributed by atoms with van der Waals surface area (Å²) < 4.78 is 32.7. The first-order valence-electron chi connectivity index (χ1n) is 4.38. The number of hydrogen-bond donors (Lipinski definition) is 0. The summed E-state index contributed by atoms with van der Waals surface area (Å²) in [4.78, 5) is 21.2. The third-order valence-corrected chi connectivity index (χ3v) is 2.50. The standard InChI is InChI=1S/C9H6BrF2NO5/c1-17-8(14)4-2-3-5(10)7(18-9(11)12)6(4)13(15)16/h2-3,9H,1H3. The molecule has 0 radical (unpaired) electrons. The van der Waals surface area contributed by atoms with Gasteiger partial charge in [0.1, 0.15) is 5.56 Å². The minimum Gasteiger partial charge on any atom is -0.465 e. The van der Waals surface area contributed by atoms with Crippen molar-refractivity contribution in [2.75, 3.05) is 7.11 Å². The van der Waals surface area contributed by atoms with Crippen LogP contribution in [0.3, 0.4) is 0 Å². The lowest BCUT2D eigenvalue weighted by Crippen LogP contribution is -2.10. The number of carbonyl (C=O) groups excluding carboxylic acids is 1. The number of nitro groups is 1. The van der Waals surface area contributed by atoms with Crippen LogP contribution in [0.2, 0.25) is 0 Å². The van der Waals surface area contributed by atoms with E-state index in [0.717, 1.165) is 13.2 Å². The number of nitro benzene ring substituents is 1. The number of alkyl halides is 2. The Balaban J connectivity index is 3.47. The molecule has 18 heavy (non-hydrogen) atoms. The van der Waals surface area contributed by atoms with E-state index in [0.29, 0.717) is 0 Å². The summed E-state index contributed by atoms with van der Waals surface area (Å²) in [5.41, 5.74) is -1.35. The van der Waals surface area contributed by atoms with Gasteiger partial charge in [0.25, 0.3) is 0 Å². The highest BCUT2D eigenvalue weighted by atomic mass is 79.9. The largest absolute Gasteiger partial charge is 0.465 e. The van der Waals surface area contributed by atoms with Gasteiger partial charge < -0.3 is 9.47 Å². The summed E-state index contributed by atoms with van der Waals surface area (Å²) in [6.45, 7) is -3.26. The van der Waals surface area contributed by atoms with Crippen molar-refractivity contribution in [2.24, 2.45) is 0 Å². The van der Waals surface area contributed by atoms with Gasteiger partial charge in [0.15, 0.2) is 0 Å². The van der Waals surface area contributed by atoms with Crippen molar-refractivity contribution in [3.05, 3.63) is 32.3 Å². The quantitative estimate of drug-likeness (QED) is 0.483. The molecule has 0 bridgehead atoms. The zero-order chi connectivity index (χ0) is 13.9. The lowest BCUT2D eigenvalue weighted by atomic mass is 10.1. The van der Waals surface area contributed by atoms with E-state index >= 15 is 0 Å². The third-order valence-electron chi connectivity index (χ3n) is 1.88. The molecular formula is C9H6BrF2NO5. The van der Waals surface area contributed by atoms with Crippen LogP contribution in [0.25, 0.3) is 0 Å². The second-order valence-corrected chi connectivity index (χ2v) is 3.75. The molecule has 0 N–H and O–H groups in total. The number of hydrogen-bond acceptors (Lipinski definition) is 5. The fourth-order valence-corrected chi connectivity index (χ4v) is 1.62. The highest BCUT2D eigenvalue weighted by Crippen LogP contribution is 2.39. The van der Waals surface area contributed by atoms with Crippen LogP contribution >= 0.6 is 15.9 Å². The molecule has 0 saturated heterocycles. The van der Waals surface area contributed by atoms with Crippen LogP contribution in [-0.2, 0) is 4.74 Å². The van der Waals surface area contributed by atoms with E-state index in [1.807, 2.05) is 0 Å². The topological polar surface area (TPSA) is 78.7 Å². The van der Waals surface area contributed by atoms with Gasteiger partial charge in [0.2, 0.25) is 5.75 Å². The number of halogens is 3. The van der Waals surface area contributed by atoms with Crippen LogP contribution in [0.4, 0.5) is 14.5 Å². The fraction of sp³-hybridized carbons (Fsp3) is 0.222. The number of benzene rings is 1.